The highest BCUT2D eigenvalue weighted by molar-refractivity contribution is 5.49. The van der Waals surface area contributed by atoms with E-state index in [1.165, 1.54) is 12.8 Å². The van der Waals surface area contributed by atoms with E-state index in [0.29, 0.717) is 6.54 Å². The van der Waals surface area contributed by atoms with E-state index in [4.69, 9.17) is 4.52 Å². The van der Waals surface area contributed by atoms with Crippen LogP contribution in [0.25, 0.3) is 0 Å². The molecule has 106 valence electrons. The van der Waals surface area contributed by atoms with Crippen LogP contribution in [-0.2, 0) is 6.54 Å². The lowest BCUT2D eigenvalue weighted by Gasteiger charge is -2.16. The van der Waals surface area contributed by atoms with Crippen LogP contribution < -0.4 is 10.2 Å². The van der Waals surface area contributed by atoms with Gasteiger partial charge in [0.05, 0.1) is 5.69 Å². The molecule has 2 aromatic rings. The lowest BCUT2D eigenvalue weighted by molar-refractivity contribution is 0.392. The highest BCUT2D eigenvalue weighted by atomic mass is 16.5. The second kappa shape index (κ2) is 5.48. The molecule has 0 aliphatic carbocycles. The minimum Gasteiger partial charge on any atom is -0.366 e. The maximum absolute atomic E-state index is 5.16. The van der Waals surface area contributed by atoms with Gasteiger partial charge < -0.3 is 14.7 Å². The summed E-state index contributed by atoms with van der Waals surface area (Å²) in [5, 5.41) is 7.27. The molecule has 1 aliphatic heterocycles. The van der Waals surface area contributed by atoms with Crippen molar-refractivity contribution in [3.05, 3.63) is 29.4 Å². The fourth-order valence-electron chi connectivity index (χ4n) is 2.50. The summed E-state index contributed by atoms with van der Waals surface area (Å²) >= 11 is 0. The van der Waals surface area contributed by atoms with Crippen molar-refractivity contribution in [3.8, 4) is 0 Å². The monoisotopic (exact) mass is 273 g/mol. The Hall–Kier alpha value is -2.11. The van der Waals surface area contributed by atoms with Crippen LogP contribution in [0.4, 0.5) is 11.6 Å². The molecule has 3 heterocycles. The van der Waals surface area contributed by atoms with Crippen LogP contribution in [0.3, 0.4) is 0 Å². The Morgan fingerprint density at radius 1 is 1.25 bits per heavy atom. The molecule has 0 aromatic carbocycles. The first-order valence-electron chi connectivity index (χ1n) is 6.96. The summed E-state index contributed by atoms with van der Waals surface area (Å²) in [5.74, 6) is 2.68. The molecule has 0 amide bonds. The third-order valence-electron chi connectivity index (χ3n) is 3.71. The van der Waals surface area contributed by atoms with Gasteiger partial charge in [0.25, 0.3) is 0 Å². The standard InChI is InChI=1S/C14H19N5O/c1-10-12(11(2)20-18-10)8-15-13-7-14(17-9-16-13)19-5-3-4-6-19/h7,9H,3-6,8H2,1-2H3,(H,15,16,17). The van der Waals surface area contributed by atoms with Gasteiger partial charge in [-0.05, 0) is 26.7 Å². The third-order valence-corrected chi connectivity index (χ3v) is 3.71. The van der Waals surface area contributed by atoms with Gasteiger partial charge >= 0.3 is 0 Å². The van der Waals surface area contributed by atoms with Gasteiger partial charge in [0.2, 0.25) is 0 Å². The highest BCUT2D eigenvalue weighted by Gasteiger charge is 2.14. The van der Waals surface area contributed by atoms with Crippen LogP contribution in [-0.4, -0.2) is 28.2 Å². The van der Waals surface area contributed by atoms with Gasteiger partial charge in [0, 0.05) is 31.3 Å². The Balaban J connectivity index is 1.70. The minimum atomic E-state index is 0.664. The summed E-state index contributed by atoms with van der Waals surface area (Å²) in [5.41, 5.74) is 2.01. The Bertz CT molecular complexity index is 570. The maximum Gasteiger partial charge on any atom is 0.138 e. The van der Waals surface area contributed by atoms with Gasteiger partial charge in [0.15, 0.2) is 0 Å². The molecule has 1 N–H and O–H groups in total. The first-order chi connectivity index (χ1) is 9.74. The smallest absolute Gasteiger partial charge is 0.138 e. The highest BCUT2D eigenvalue weighted by Crippen LogP contribution is 2.20. The SMILES string of the molecule is Cc1noc(C)c1CNc1cc(N2CCCC2)ncn1. The van der Waals surface area contributed by atoms with E-state index in [0.717, 1.165) is 41.7 Å². The molecule has 20 heavy (non-hydrogen) atoms. The molecule has 1 aliphatic rings. The molecule has 0 saturated carbocycles. The van der Waals surface area contributed by atoms with E-state index in [1.54, 1.807) is 6.33 Å². The van der Waals surface area contributed by atoms with Gasteiger partial charge in [-0.1, -0.05) is 5.16 Å². The molecule has 0 atom stereocenters. The molecule has 0 radical (unpaired) electrons. The van der Waals surface area contributed by atoms with Crippen molar-refractivity contribution in [1.82, 2.24) is 15.1 Å². The number of nitrogens with zero attached hydrogens (tertiary/aromatic N) is 4. The van der Waals surface area contributed by atoms with Crippen molar-refractivity contribution in [1.29, 1.82) is 0 Å². The van der Waals surface area contributed by atoms with E-state index in [2.05, 4.69) is 25.3 Å². The lowest BCUT2D eigenvalue weighted by atomic mass is 10.2. The predicted molar refractivity (Wildman–Crippen MR) is 76.8 cm³/mol. The zero-order valence-electron chi connectivity index (χ0n) is 11.9. The molecule has 6 nitrogen and oxygen atoms in total. The van der Waals surface area contributed by atoms with Crippen LogP contribution in [0.5, 0.6) is 0 Å². The van der Waals surface area contributed by atoms with Crippen LogP contribution >= 0.6 is 0 Å². The first-order valence-corrected chi connectivity index (χ1v) is 6.96. The van der Waals surface area contributed by atoms with Gasteiger partial charge in [-0.3, -0.25) is 0 Å². The van der Waals surface area contributed by atoms with Crippen molar-refractivity contribution >= 4 is 11.6 Å². The summed E-state index contributed by atoms with van der Waals surface area (Å²) < 4.78 is 5.16. The van der Waals surface area contributed by atoms with Crippen molar-refractivity contribution in [2.24, 2.45) is 0 Å². The Morgan fingerprint density at radius 2 is 2.05 bits per heavy atom. The van der Waals surface area contributed by atoms with Crippen molar-refractivity contribution < 1.29 is 4.52 Å². The quantitative estimate of drug-likeness (QED) is 0.922. The minimum absolute atomic E-state index is 0.664. The molecule has 2 aromatic heterocycles. The van der Waals surface area contributed by atoms with Crippen molar-refractivity contribution in [2.75, 3.05) is 23.3 Å². The van der Waals surface area contributed by atoms with E-state index in [-0.39, 0.29) is 0 Å². The topological polar surface area (TPSA) is 67.1 Å². The number of anilines is 2. The molecule has 0 spiro atoms. The second-order valence-electron chi connectivity index (χ2n) is 5.11. The number of hydrogen-bond donors (Lipinski definition) is 1. The van der Waals surface area contributed by atoms with Crippen LogP contribution in [0.15, 0.2) is 16.9 Å². The van der Waals surface area contributed by atoms with Crippen LogP contribution in [0.1, 0.15) is 29.9 Å². The van der Waals surface area contributed by atoms with Gasteiger partial charge in [-0.15, -0.1) is 0 Å². The average Bonchev–Trinajstić information content (AvgIpc) is 3.09. The van der Waals surface area contributed by atoms with E-state index in [1.807, 2.05) is 19.9 Å². The van der Waals surface area contributed by atoms with E-state index >= 15 is 0 Å². The van der Waals surface area contributed by atoms with Crippen LogP contribution in [0, 0.1) is 13.8 Å². The summed E-state index contributed by atoms with van der Waals surface area (Å²) in [7, 11) is 0. The molecule has 1 fully saturated rings. The van der Waals surface area contributed by atoms with E-state index < -0.39 is 0 Å². The van der Waals surface area contributed by atoms with Crippen LogP contribution in [0.2, 0.25) is 0 Å². The zero-order valence-corrected chi connectivity index (χ0v) is 11.9. The lowest BCUT2D eigenvalue weighted by Crippen LogP contribution is -2.19. The Kier molecular flexibility index (Phi) is 3.54. The summed E-state index contributed by atoms with van der Waals surface area (Å²) in [6.45, 7) is 6.70. The summed E-state index contributed by atoms with van der Waals surface area (Å²) in [6.07, 6.45) is 4.10. The first kappa shape index (κ1) is 12.9. The number of nitrogens with one attached hydrogen (secondary N) is 1. The fourth-order valence-corrected chi connectivity index (χ4v) is 2.50. The summed E-state index contributed by atoms with van der Waals surface area (Å²) in [6, 6.07) is 2.00. The number of aryl methyl sites for hydroxylation is 2. The normalized spacial score (nSPS) is 14.8. The largest absolute Gasteiger partial charge is 0.366 e. The number of rotatable bonds is 4. The molecule has 0 bridgehead atoms. The number of hydrogen-bond acceptors (Lipinski definition) is 6. The van der Waals surface area contributed by atoms with Crippen molar-refractivity contribution in [3.63, 3.8) is 0 Å². The fraction of sp³-hybridized carbons (Fsp3) is 0.500. The maximum atomic E-state index is 5.16. The molecule has 6 heteroatoms. The molecular weight excluding hydrogens is 254 g/mol. The van der Waals surface area contributed by atoms with Crippen molar-refractivity contribution in [2.45, 2.75) is 33.2 Å². The van der Waals surface area contributed by atoms with Gasteiger partial charge in [-0.2, -0.15) is 0 Å². The molecule has 3 rings (SSSR count). The summed E-state index contributed by atoms with van der Waals surface area (Å²) in [4.78, 5) is 10.9. The Labute approximate surface area is 118 Å². The second-order valence-corrected chi connectivity index (χ2v) is 5.11. The third kappa shape index (κ3) is 2.59. The van der Waals surface area contributed by atoms with Gasteiger partial charge in [0.1, 0.15) is 23.7 Å². The number of aromatic nitrogens is 3. The average molecular weight is 273 g/mol. The molecule has 1 saturated heterocycles. The van der Waals surface area contributed by atoms with E-state index in [9.17, 15) is 0 Å². The zero-order chi connectivity index (χ0) is 13.9. The molecule has 0 unspecified atom stereocenters. The Morgan fingerprint density at radius 3 is 2.75 bits per heavy atom. The molecular formula is C14H19N5O. The predicted octanol–water partition coefficient (Wildman–Crippen LogP) is 2.29. The van der Waals surface area contributed by atoms with Gasteiger partial charge in [-0.25, -0.2) is 9.97 Å².